The monoisotopic (exact) mass is 186 g/mol. The van der Waals surface area contributed by atoms with Crippen molar-refractivity contribution in [2.24, 2.45) is 0 Å². The Balaban J connectivity index is 3.07. The van der Waals surface area contributed by atoms with Crippen LogP contribution in [0.5, 0.6) is 0 Å². The summed E-state index contributed by atoms with van der Waals surface area (Å²) in [6.45, 7) is 0. The molecule has 6 heteroatoms. The van der Waals surface area contributed by atoms with Gasteiger partial charge in [0.1, 0.15) is 12.2 Å². The van der Waals surface area contributed by atoms with Gasteiger partial charge in [0.25, 0.3) is 0 Å². The molecule has 2 nitrogen and oxygen atoms in total. The fourth-order valence-corrected chi connectivity index (χ4v) is 0.847. The highest BCUT2D eigenvalue weighted by atomic mass is 19.3. The summed E-state index contributed by atoms with van der Waals surface area (Å²) in [6, 6.07) is 0. The summed E-state index contributed by atoms with van der Waals surface area (Å²) in [5.74, 6) is -9.22. The molecular formula is C6H6F4O2. The third-order valence-corrected chi connectivity index (χ3v) is 1.66. The standard InChI is InChI=1S/C6H6F4O2/c7-5(8)3(11)1-2-4(12)6(5,9)10/h1-4,11-12H. The molecule has 0 aromatic rings. The molecule has 2 unspecified atom stereocenters. The maximum absolute atomic E-state index is 12.4. The summed E-state index contributed by atoms with van der Waals surface area (Å²) in [5.41, 5.74) is 0. The van der Waals surface area contributed by atoms with Crippen molar-refractivity contribution in [3.05, 3.63) is 12.2 Å². The third kappa shape index (κ3) is 1.02. The van der Waals surface area contributed by atoms with Crippen LogP contribution in [0.4, 0.5) is 17.6 Å². The van der Waals surface area contributed by atoms with Crippen LogP contribution in [0.25, 0.3) is 0 Å². The van der Waals surface area contributed by atoms with E-state index in [0.29, 0.717) is 12.2 Å². The average molecular weight is 186 g/mol. The molecular weight excluding hydrogens is 180 g/mol. The molecule has 0 fully saturated rings. The van der Waals surface area contributed by atoms with Crippen LogP contribution in [0.2, 0.25) is 0 Å². The molecule has 0 radical (unpaired) electrons. The first kappa shape index (κ1) is 9.47. The maximum atomic E-state index is 12.4. The number of halogens is 4. The summed E-state index contributed by atoms with van der Waals surface area (Å²) in [4.78, 5) is 0. The van der Waals surface area contributed by atoms with Crippen LogP contribution in [-0.2, 0) is 0 Å². The molecule has 1 aliphatic carbocycles. The van der Waals surface area contributed by atoms with Gasteiger partial charge in [0.05, 0.1) is 0 Å². The number of aliphatic hydroxyl groups is 2. The second-order valence-electron chi connectivity index (χ2n) is 2.52. The molecule has 2 N–H and O–H groups in total. The summed E-state index contributed by atoms with van der Waals surface area (Å²) < 4.78 is 49.7. The molecule has 0 bridgehead atoms. The SMILES string of the molecule is OC1C=CC(O)C(F)(F)C1(F)F. The quantitative estimate of drug-likeness (QED) is 0.428. The lowest BCUT2D eigenvalue weighted by molar-refractivity contribution is -0.276. The van der Waals surface area contributed by atoms with Gasteiger partial charge in [0, 0.05) is 0 Å². The average Bonchev–Trinajstić information content (AvgIpc) is 1.96. The minimum atomic E-state index is -4.61. The van der Waals surface area contributed by atoms with Gasteiger partial charge in [-0.2, -0.15) is 17.6 Å². The highest BCUT2D eigenvalue weighted by molar-refractivity contribution is 5.15. The van der Waals surface area contributed by atoms with E-state index >= 15 is 0 Å². The topological polar surface area (TPSA) is 40.5 Å². The van der Waals surface area contributed by atoms with Crippen molar-refractivity contribution in [3.8, 4) is 0 Å². The van der Waals surface area contributed by atoms with E-state index in [1.54, 1.807) is 0 Å². The minimum absolute atomic E-state index is 0.447. The highest BCUT2D eigenvalue weighted by Crippen LogP contribution is 2.42. The molecule has 2 atom stereocenters. The lowest BCUT2D eigenvalue weighted by atomic mass is 9.94. The van der Waals surface area contributed by atoms with Gasteiger partial charge < -0.3 is 10.2 Å². The first-order chi connectivity index (χ1) is 5.30. The molecule has 1 aliphatic rings. The number of hydrogen-bond donors (Lipinski definition) is 2. The van der Waals surface area contributed by atoms with Gasteiger partial charge in [-0.3, -0.25) is 0 Å². The Morgan fingerprint density at radius 3 is 1.33 bits per heavy atom. The van der Waals surface area contributed by atoms with Crippen molar-refractivity contribution in [2.75, 3.05) is 0 Å². The number of hydrogen-bond acceptors (Lipinski definition) is 2. The van der Waals surface area contributed by atoms with E-state index in [2.05, 4.69) is 0 Å². The molecule has 12 heavy (non-hydrogen) atoms. The normalized spacial score (nSPS) is 38.2. The molecule has 0 spiro atoms. The second-order valence-corrected chi connectivity index (χ2v) is 2.52. The summed E-state index contributed by atoms with van der Waals surface area (Å²) in [7, 11) is 0. The molecule has 70 valence electrons. The van der Waals surface area contributed by atoms with Crippen molar-refractivity contribution < 1.29 is 27.8 Å². The van der Waals surface area contributed by atoms with Gasteiger partial charge in [0.15, 0.2) is 0 Å². The zero-order valence-corrected chi connectivity index (χ0v) is 5.72. The molecule has 0 saturated carbocycles. The Labute approximate surface area is 65.1 Å². The number of aliphatic hydroxyl groups excluding tert-OH is 2. The number of rotatable bonds is 0. The molecule has 0 saturated heterocycles. The zero-order valence-electron chi connectivity index (χ0n) is 5.72. The van der Waals surface area contributed by atoms with Gasteiger partial charge in [-0.05, 0) is 0 Å². The number of alkyl halides is 4. The Bertz CT molecular complexity index is 192. The first-order valence-electron chi connectivity index (χ1n) is 3.10. The Kier molecular flexibility index (Phi) is 1.92. The van der Waals surface area contributed by atoms with Gasteiger partial charge in [-0.15, -0.1) is 0 Å². The summed E-state index contributed by atoms with van der Waals surface area (Å²) in [5, 5.41) is 16.9. The van der Waals surface area contributed by atoms with Gasteiger partial charge in [-0.25, -0.2) is 0 Å². The maximum Gasteiger partial charge on any atom is 0.341 e. The van der Waals surface area contributed by atoms with Crippen molar-refractivity contribution in [3.63, 3.8) is 0 Å². The zero-order chi connectivity index (χ0) is 9.57. The molecule has 0 heterocycles. The van der Waals surface area contributed by atoms with E-state index in [-0.39, 0.29) is 0 Å². The fraction of sp³-hybridized carbons (Fsp3) is 0.667. The molecule has 0 amide bonds. The second kappa shape index (κ2) is 2.43. The fourth-order valence-electron chi connectivity index (χ4n) is 0.847. The van der Waals surface area contributed by atoms with Crippen molar-refractivity contribution in [2.45, 2.75) is 24.1 Å². The lowest BCUT2D eigenvalue weighted by Gasteiger charge is -2.34. The largest absolute Gasteiger partial charge is 0.382 e. The smallest absolute Gasteiger partial charge is 0.341 e. The van der Waals surface area contributed by atoms with Gasteiger partial charge in [-0.1, -0.05) is 12.2 Å². The lowest BCUT2D eigenvalue weighted by Crippen LogP contribution is -2.57. The van der Waals surface area contributed by atoms with Crippen LogP contribution in [0.3, 0.4) is 0 Å². The summed E-state index contributed by atoms with van der Waals surface area (Å²) in [6.07, 6.45) is -4.20. The van der Waals surface area contributed by atoms with Gasteiger partial charge in [0.2, 0.25) is 0 Å². The van der Waals surface area contributed by atoms with Crippen molar-refractivity contribution in [1.29, 1.82) is 0 Å². The van der Waals surface area contributed by atoms with Crippen LogP contribution in [-0.4, -0.2) is 34.3 Å². The highest BCUT2D eigenvalue weighted by Gasteiger charge is 2.65. The van der Waals surface area contributed by atoms with Gasteiger partial charge >= 0.3 is 11.8 Å². The van der Waals surface area contributed by atoms with Crippen LogP contribution in [0.1, 0.15) is 0 Å². The van der Waals surface area contributed by atoms with E-state index in [1.165, 1.54) is 0 Å². The Hall–Kier alpha value is -0.620. The molecule has 0 aliphatic heterocycles. The van der Waals surface area contributed by atoms with E-state index in [0.717, 1.165) is 0 Å². The third-order valence-electron chi connectivity index (χ3n) is 1.66. The summed E-state index contributed by atoms with van der Waals surface area (Å²) >= 11 is 0. The minimum Gasteiger partial charge on any atom is -0.382 e. The van der Waals surface area contributed by atoms with E-state index in [4.69, 9.17) is 10.2 Å². The Morgan fingerprint density at radius 1 is 0.833 bits per heavy atom. The first-order valence-corrected chi connectivity index (χ1v) is 3.10. The van der Waals surface area contributed by atoms with Crippen LogP contribution in [0.15, 0.2) is 12.2 Å². The predicted octanol–water partition coefficient (Wildman–Crippen LogP) is 0.549. The van der Waals surface area contributed by atoms with E-state index < -0.39 is 24.1 Å². The van der Waals surface area contributed by atoms with Crippen molar-refractivity contribution in [1.82, 2.24) is 0 Å². The van der Waals surface area contributed by atoms with Crippen LogP contribution in [0, 0.1) is 0 Å². The molecule has 1 rings (SSSR count). The molecule has 0 aromatic carbocycles. The van der Waals surface area contributed by atoms with Crippen LogP contribution >= 0.6 is 0 Å². The van der Waals surface area contributed by atoms with Crippen molar-refractivity contribution >= 4 is 0 Å². The Morgan fingerprint density at radius 2 is 1.08 bits per heavy atom. The van der Waals surface area contributed by atoms with E-state index in [9.17, 15) is 17.6 Å². The predicted molar refractivity (Wildman–Crippen MR) is 31.0 cm³/mol. The van der Waals surface area contributed by atoms with Crippen LogP contribution < -0.4 is 0 Å². The van der Waals surface area contributed by atoms with E-state index in [1.807, 2.05) is 0 Å². The molecule has 0 aromatic heterocycles.